The molecule has 1 heterocycles. The summed E-state index contributed by atoms with van der Waals surface area (Å²) in [7, 11) is 1.76. The molecule has 1 aromatic heterocycles. The van der Waals surface area contributed by atoms with Gasteiger partial charge in [-0.05, 0) is 26.3 Å². The molecule has 0 spiro atoms. The van der Waals surface area contributed by atoms with E-state index in [0.29, 0.717) is 28.2 Å². The minimum absolute atomic E-state index is 0.0200. The van der Waals surface area contributed by atoms with E-state index in [-0.39, 0.29) is 5.91 Å². The van der Waals surface area contributed by atoms with E-state index >= 15 is 0 Å². The molecule has 1 amide bonds. The molecule has 7 heteroatoms. The summed E-state index contributed by atoms with van der Waals surface area (Å²) in [6, 6.07) is 1.21. The van der Waals surface area contributed by atoms with E-state index in [1.165, 1.54) is 0 Å². The van der Waals surface area contributed by atoms with Gasteiger partial charge in [-0.15, -0.1) is 0 Å². The number of likely N-dealkylation sites (N-methyl/N-ethyl adjacent to an activating group) is 1. The molecule has 1 rings (SSSR count). The van der Waals surface area contributed by atoms with Gasteiger partial charge in [0.2, 0.25) is 5.91 Å². The fourth-order valence-electron chi connectivity index (χ4n) is 1.69. The third-order valence-electron chi connectivity index (χ3n) is 3.05. The Labute approximate surface area is 136 Å². The van der Waals surface area contributed by atoms with Crippen molar-refractivity contribution in [1.29, 1.82) is 0 Å². The summed E-state index contributed by atoms with van der Waals surface area (Å²) in [5, 5.41) is 7.02. The van der Waals surface area contributed by atoms with E-state index in [2.05, 4.69) is 22.5 Å². The average Bonchev–Trinajstić information content (AvgIpc) is 2.46. The predicted molar refractivity (Wildman–Crippen MR) is 89.4 cm³/mol. The fraction of sp³-hybridized carbons (Fsp3) is 0.571. The number of pyridine rings is 1. The minimum Gasteiger partial charge on any atom is -0.369 e. The zero-order valence-electron chi connectivity index (χ0n) is 12.8. The highest BCUT2D eigenvalue weighted by molar-refractivity contribution is 6.37. The quantitative estimate of drug-likeness (QED) is 0.802. The van der Waals surface area contributed by atoms with Gasteiger partial charge in [-0.3, -0.25) is 4.79 Å². The van der Waals surface area contributed by atoms with Crippen molar-refractivity contribution in [2.24, 2.45) is 0 Å². The Balaban J connectivity index is 2.89. The lowest BCUT2D eigenvalue weighted by atomic mass is 10.3. The Kier molecular flexibility index (Phi) is 7.05. The SMILES string of the molecule is CCCNc1nc(NC(C)C(=O)N(C)CC)c(Cl)cc1Cl. The van der Waals surface area contributed by atoms with Crippen LogP contribution in [-0.2, 0) is 4.79 Å². The molecule has 0 aromatic carbocycles. The third-order valence-corrected chi connectivity index (χ3v) is 3.62. The number of anilines is 2. The van der Waals surface area contributed by atoms with Gasteiger partial charge in [-0.2, -0.15) is 0 Å². The molecule has 0 saturated carbocycles. The first-order valence-electron chi connectivity index (χ1n) is 7.02. The van der Waals surface area contributed by atoms with Crippen LogP contribution in [0.4, 0.5) is 11.6 Å². The van der Waals surface area contributed by atoms with Crippen molar-refractivity contribution in [3.63, 3.8) is 0 Å². The number of aromatic nitrogens is 1. The number of carbonyl (C=O) groups excluding carboxylic acids is 1. The highest BCUT2D eigenvalue weighted by atomic mass is 35.5. The maximum Gasteiger partial charge on any atom is 0.244 e. The summed E-state index contributed by atoms with van der Waals surface area (Å²) in [6.45, 7) is 7.17. The molecule has 0 saturated heterocycles. The molecule has 0 aliphatic rings. The molecule has 0 fully saturated rings. The van der Waals surface area contributed by atoms with Crippen molar-refractivity contribution in [3.8, 4) is 0 Å². The van der Waals surface area contributed by atoms with Crippen molar-refractivity contribution in [2.45, 2.75) is 33.2 Å². The number of amides is 1. The van der Waals surface area contributed by atoms with Gasteiger partial charge in [-0.25, -0.2) is 4.98 Å². The first-order chi connectivity index (χ1) is 9.90. The molecule has 0 bridgehead atoms. The molecule has 2 N–H and O–H groups in total. The molecule has 0 radical (unpaired) electrons. The predicted octanol–water partition coefficient (Wildman–Crippen LogP) is 3.49. The molecule has 21 heavy (non-hydrogen) atoms. The Morgan fingerprint density at radius 1 is 1.33 bits per heavy atom. The number of hydrogen-bond donors (Lipinski definition) is 2. The Morgan fingerprint density at radius 2 is 1.95 bits per heavy atom. The second kappa shape index (κ2) is 8.29. The van der Waals surface area contributed by atoms with Crippen molar-refractivity contribution in [3.05, 3.63) is 16.1 Å². The normalized spacial score (nSPS) is 11.9. The molecular weight excluding hydrogens is 311 g/mol. The maximum absolute atomic E-state index is 12.1. The summed E-state index contributed by atoms with van der Waals surface area (Å²) in [6.07, 6.45) is 0.958. The molecule has 118 valence electrons. The van der Waals surface area contributed by atoms with Crippen molar-refractivity contribution in [1.82, 2.24) is 9.88 Å². The van der Waals surface area contributed by atoms with Crippen LogP contribution in [0.5, 0.6) is 0 Å². The zero-order valence-corrected chi connectivity index (χ0v) is 14.3. The Bertz CT molecular complexity index is 496. The molecule has 0 aliphatic carbocycles. The summed E-state index contributed by atoms with van der Waals surface area (Å²) >= 11 is 12.2. The monoisotopic (exact) mass is 332 g/mol. The molecule has 1 atom stereocenters. The van der Waals surface area contributed by atoms with Crippen LogP contribution in [0.1, 0.15) is 27.2 Å². The first kappa shape index (κ1) is 17.9. The summed E-state index contributed by atoms with van der Waals surface area (Å²) in [4.78, 5) is 18.1. The number of carbonyl (C=O) groups is 1. The van der Waals surface area contributed by atoms with Crippen molar-refractivity contribution < 1.29 is 4.79 Å². The number of rotatable bonds is 7. The number of nitrogens with zero attached hydrogens (tertiary/aromatic N) is 2. The van der Waals surface area contributed by atoms with Crippen molar-refractivity contribution >= 4 is 40.7 Å². The molecule has 1 aromatic rings. The Hall–Kier alpha value is -1.20. The van der Waals surface area contributed by atoms with Gasteiger partial charge in [-0.1, -0.05) is 30.1 Å². The topological polar surface area (TPSA) is 57.3 Å². The van der Waals surface area contributed by atoms with Gasteiger partial charge in [0.05, 0.1) is 10.0 Å². The lowest BCUT2D eigenvalue weighted by molar-refractivity contribution is -0.130. The number of hydrogen-bond acceptors (Lipinski definition) is 4. The summed E-state index contributed by atoms with van der Waals surface area (Å²) in [5.41, 5.74) is 0. The van der Waals surface area contributed by atoms with E-state index in [4.69, 9.17) is 23.2 Å². The third kappa shape index (κ3) is 4.93. The highest BCUT2D eigenvalue weighted by Gasteiger charge is 2.18. The first-order valence-corrected chi connectivity index (χ1v) is 7.77. The summed E-state index contributed by atoms with van der Waals surface area (Å²) in [5.74, 6) is 0.993. The van der Waals surface area contributed by atoms with E-state index in [0.717, 1.165) is 13.0 Å². The lowest BCUT2D eigenvalue weighted by Gasteiger charge is -2.21. The van der Waals surface area contributed by atoms with Crippen LogP contribution in [0.15, 0.2) is 6.07 Å². The minimum atomic E-state index is -0.417. The summed E-state index contributed by atoms with van der Waals surface area (Å²) < 4.78 is 0. The van der Waals surface area contributed by atoms with Crippen LogP contribution in [0.3, 0.4) is 0 Å². The van der Waals surface area contributed by atoms with Crippen molar-refractivity contribution in [2.75, 3.05) is 30.8 Å². The number of nitrogens with one attached hydrogen (secondary N) is 2. The maximum atomic E-state index is 12.1. The second-order valence-corrected chi connectivity index (χ2v) is 5.61. The van der Waals surface area contributed by atoms with Crippen LogP contribution in [0, 0.1) is 0 Å². The molecule has 0 aliphatic heterocycles. The van der Waals surface area contributed by atoms with Crippen LogP contribution in [0.2, 0.25) is 10.0 Å². The van der Waals surface area contributed by atoms with Gasteiger partial charge in [0, 0.05) is 20.1 Å². The van der Waals surface area contributed by atoms with E-state index in [1.54, 1.807) is 24.9 Å². The van der Waals surface area contributed by atoms with Crippen LogP contribution < -0.4 is 10.6 Å². The molecule has 1 unspecified atom stereocenters. The van der Waals surface area contributed by atoms with Crippen LogP contribution in [0.25, 0.3) is 0 Å². The largest absolute Gasteiger partial charge is 0.369 e. The van der Waals surface area contributed by atoms with E-state index < -0.39 is 6.04 Å². The molecule has 5 nitrogen and oxygen atoms in total. The van der Waals surface area contributed by atoms with Gasteiger partial charge in [0.15, 0.2) is 0 Å². The van der Waals surface area contributed by atoms with E-state index in [1.807, 2.05) is 6.92 Å². The zero-order chi connectivity index (χ0) is 16.0. The van der Waals surface area contributed by atoms with Gasteiger partial charge in [0.25, 0.3) is 0 Å². The van der Waals surface area contributed by atoms with Crippen LogP contribution >= 0.6 is 23.2 Å². The van der Waals surface area contributed by atoms with Crippen LogP contribution in [-0.4, -0.2) is 42.0 Å². The van der Waals surface area contributed by atoms with Gasteiger partial charge >= 0.3 is 0 Å². The molecular formula is C14H22Cl2N4O. The fourth-order valence-corrected chi connectivity index (χ4v) is 2.17. The standard InChI is InChI=1S/C14H22Cl2N4O/c1-5-7-17-12-10(15)8-11(16)13(19-12)18-9(3)14(21)20(4)6-2/h8-9H,5-7H2,1-4H3,(H2,17,18,19). The Morgan fingerprint density at radius 3 is 2.52 bits per heavy atom. The highest BCUT2D eigenvalue weighted by Crippen LogP contribution is 2.29. The lowest BCUT2D eigenvalue weighted by Crippen LogP contribution is -2.39. The van der Waals surface area contributed by atoms with E-state index in [9.17, 15) is 4.79 Å². The second-order valence-electron chi connectivity index (χ2n) is 4.79. The number of halogens is 2. The average molecular weight is 333 g/mol. The van der Waals surface area contributed by atoms with Gasteiger partial charge in [0.1, 0.15) is 17.7 Å². The smallest absolute Gasteiger partial charge is 0.244 e. The van der Waals surface area contributed by atoms with Gasteiger partial charge < -0.3 is 15.5 Å².